The van der Waals surface area contributed by atoms with Crippen molar-refractivity contribution >= 4 is 35.0 Å². The molecule has 1 aliphatic heterocycles. The molecule has 2 amide bonds. The van der Waals surface area contributed by atoms with Crippen LogP contribution in [0.3, 0.4) is 0 Å². The summed E-state index contributed by atoms with van der Waals surface area (Å²) < 4.78 is 0. The van der Waals surface area contributed by atoms with Crippen LogP contribution in [0.2, 0.25) is 0 Å². The highest BCUT2D eigenvalue weighted by Crippen LogP contribution is 2.30. The standard InChI is InChI=1S/C23H20N2O2S/c1-16-6-12-19(13-7-16)28-15-17-8-10-18(11-9-17)23(27)25-14-22(26)24-20-4-2-3-5-21(20)25/h2-13H,14-15H2,1H3,(H,24,26). The fourth-order valence-electron chi connectivity index (χ4n) is 3.11. The maximum atomic E-state index is 13.0. The van der Waals surface area contributed by atoms with Gasteiger partial charge in [-0.05, 0) is 48.9 Å². The number of amides is 2. The number of para-hydroxylation sites is 2. The van der Waals surface area contributed by atoms with Gasteiger partial charge in [0.2, 0.25) is 5.91 Å². The number of benzene rings is 3. The van der Waals surface area contributed by atoms with Crippen LogP contribution in [0.5, 0.6) is 0 Å². The summed E-state index contributed by atoms with van der Waals surface area (Å²) in [5.74, 6) is 0.491. The molecular weight excluding hydrogens is 368 g/mol. The Bertz CT molecular complexity index is 1010. The van der Waals surface area contributed by atoms with Crippen molar-refractivity contribution in [2.45, 2.75) is 17.6 Å². The van der Waals surface area contributed by atoms with Gasteiger partial charge in [-0.1, -0.05) is 42.0 Å². The minimum atomic E-state index is -0.182. The van der Waals surface area contributed by atoms with Gasteiger partial charge in [-0.2, -0.15) is 0 Å². The number of carbonyl (C=O) groups is 2. The average Bonchev–Trinajstić information content (AvgIpc) is 2.72. The van der Waals surface area contributed by atoms with Gasteiger partial charge in [-0.25, -0.2) is 0 Å². The van der Waals surface area contributed by atoms with Crippen molar-refractivity contribution < 1.29 is 9.59 Å². The molecule has 0 aliphatic carbocycles. The second-order valence-corrected chi connectivity index (χ2v) is 7.80. The first-order chi connectivity index (χ1) is 13.6. The molecule has 4 nitrogen and oxygen atoms in total. The molecule has 3 aromatic carbocycles. The first kappa shape index (κ1) is 18.3. The van der Waals surface area contributed by atoms with Gasteiger partial charge >= 0.3 is 0 Å². The van der Waals surface area contributed by atoms with Crippen LogP contribution in [0.1, 0.15) is 21.5 Å². The molecule has 0 bridgehead atoms. The summed E-state index contributed by atoms with van der Waals surface area (Å²) in [6, 6.07) is 23.4. The number of rotatable bonds is 4. The zero-order valence-electron chi connectivity index (χ0n) is 15.5. The number of fused-ring (bicyclic) bond motifs is 1. The normalized spacial score (nSPS) is 13.0. The number of anilines is 2. The van der Waals surface area contributed by atoms with Crippen LogP contribution in [0.25, 0.3) is 0 Å². The monoisotopic (exact) mass is 388 g/mol. The van der Waals surface area contributed by atoms with Gasteiger partial charge in [0.25, 0.3) is 5.91 Å². The predicted molar refractivity (Wildman–Crippen MR) is 114 cm³/mol. The molecule has 0 aromatic heterocycles. The summed E-state index contributed by atoms with van der Waals surface area (Å²) in [5.41, 5.74) is 4.37. The molecule has 4 rings (SSSR count). The van der Waals surface area contributed by atoms with E-state index in [-0.39, 0.29) is 18.4 Å². The van der Waals surface area contributed by atoms with E-state index in [0.29, 0.717) is 11.3 Å². The van der Waals surface area contributed by atoms with Crippen molar-refractivity contribution in [2.75, 3.05) is 16.8 Å². The molecule has 0 saturated carbocycles. The van der Waals surface area contributed by atoms with E-state index in [4.69, 9.17) is 0 Å². The van der Waals surface area contributed by atoms with Gasteiger partial charge < -0.3 is 5.32 Å². The van der Waals surface area contributed by atoms with Gasteiger partial charge in [0, 0.05) is 16.2 Å². The van der Waals surface area contributed by atoms with Crippen molar-refractivity contribution in [1.82, 2.24) is 0 Å². The summed E-state index contributed by atoms with van der Waals surface area (Å²) >= 11 is 1.77. The number of hydrogen-bond donors (Lipinski definition) is 1. The van der Waals surface area contributed by atoms with E-state index < -0.39 is 0 Å². The predicted octanol–water partition coefficient (Wildman–Crippen LogP) is 4.89. The van der Waals surface area contributed by atoms with Crippen LogP contribution in [0.4, 0.5) is 11.4 Å². The minimum absolute atomic E-state index is 0.0286. The second kappa shape index (κ2) is 7.90. The quantitative estimate of drug-likeness (QED) is 0.648. The van der Waals surface area contributed by atoms with Crippen LogP contribution < -0.4 is 10.2 Å². The van der Waals surface area contributed by atoms with Gasteiger partial charge in [0.1, 0.15) is 6.54 Å². The smallest absolute Gasteiger partial charge is 0.258 e. The first-order valence-electron chi connectivity index (χ1n) is 9.09. The largest absolute Gasteiger partial charge is 0.323 e. The topological polar surface area (TPSA) is 49.4 Å². The third-order valence-corrected chi connectivity index (χ3v) is 5.73. The molecular formula is C23H20N2O2S. The third-order valence-electron chi connectivity index (χ3n) is 4.64. The summed E-state index contributed by atoms with van der Waals surface area (Å²) in [7, 11) is 0. The summed E-state index contributed by atoms with van der Waals surface area (Å²) in [6.07, 6.45) is 0. The lowest BCUT2D eigenvalue weighted by molar-refractivity contribution is -0.115. The lowest BCUT2D eigenvalue weighted by atomic mass is 10.1. The highest BCUT2D eigenvalue weighted by molar-refractivity contribution is 7.98. The molecule has 28 heavy (non-hydrogen) atoms. The van der Waals surface area contributed by atoms with E-state index in [1.807, 2.05) is 42.5 Å². The molecule has 0 radical (unpaired) electrons. The molecule has 3 aromatic rings. The van der Waals surface area contributed by atoms with Crippen LogP contribution in [-0.2, 0) is 10.5 Å². The van der Waals surface area contributed by atoms with Crippen molar-refractivity contribution in [3.8, 4) is 0 Å². The number of hydrogen-bond acceptors (Lipinski definition) is 3. The van der Waals surface area contributed by atoms with E-state index in [1.165, 1.54) is 15.4 Å². The molecule has 0 spiro atoms. The number of nitrogens with zero attached hydrogens (tertiary/aromatic N) is 1. The zero-order valence-corrected chi connectivity index (χ0v) is 16.3. The molecule has 0 atom stereocenters. The summed E-state index contributed by atoms with van der Waals surface area (Å²) in [4.78, 5) is 27.7. The van der Waals surface area contributed by atoms with Crippen molar-refractivity contribution in [3.05, 3.63) is 89.5 Å². The Morgan fingerprint density at radius 3 is 2.46 bits per heavy atom. The van der Waals surface area contributed by atoms with E-state index in [1.54, 1.807) is 17.8 Å². The SMILES string of the molecule is Cc1ccc(SCc2ccc(C(=O)N3CC(=O)Nc4ccccc43)cc2)cc1. The Hall–Kier alpha value is -3.05. The number of aryl methyl sites for hydroxylation is 1. The summed E-state index contributed by atoms with van der Waals surface area (Å²) in [5, 5.41) is 2.81. The maximum Gasteiger partial charge on any atom is 0.258 e. The highest BCUT2D eigenvalue weighted by atomic mass is 32.2. The minimum Gasteiger partial charge on any atom is -0.323 e. The third kappa shape index (κ3) is 3.94. The number of carbonyl (C=O) groups excluding carboxylic acids is 2. The molecule has 140 valence electrons. The number of nitrogens with one attached hydrogen (secondary N) is 1. The summed E-state index contributed by atoms with van der Waals surface area (Å²) in [6.45, 7) is 2.11. The maximum absolute atomic E-state index is 13.0. The first-order valence-corrected chi connectivity index (χ1v) is 10.1. The fraction of sp³-hybridized carbons (Fsp3) is 0.130. The Morgan fingerprint density at radius 2 is 1.71 bits per heavy atom. The lowest BCUT2D eigenvalue weighted by Gasteiger charge is -2.29. The van der Waals surface area contributed by atoms with Gasteiger partial charge in [0.05, 0.1) is 11.4 Å². The highest BCUT2D eigenvalue weighted by Gasteiger charge is 2.27. The van der Waals surface area contributed by atoms with E-state index in [0.717, 1.165) is 17.0 Å². The van der Waals surface area contributed by atoms with Gasteiger partial charge in [-0.3, -0.25) is 14.5 Å². The average molecular weight is 388 g/mol. The zero-order chi connectivity index (χ0) is 19.5. The Kier molecular flexibility index (Phi) is 5.17. The molecule has 1 N–H and O–H groups in total. The molecule has 0 saturated heterocycles. The molecule has 0 fully saturated rings. The van der Waals surface area contributed by atoms with Crippen molar-refractivity contribution in [1.29, 1.82) is 0 Å². The Balaban J connectivity index is 1.47. The van der Waals surface area contributed by atoms with Crippen molar-refractivity contribution in [2.24, 2.45) is 0 Å². The Morgan fingerprint density at radius 1 is 1.00 bits per heavy atom. The fourth-order valence-corrected chi connectivity index (χ4v) is 3.97. The molecule has 1 aliphatic rings. The van der Waals surface area contributed by atoms with Crippen molar-refractivity contribution in [3.63, 3.8) is 0 Å². The van der Waals surface area contributed by atoms with Crippen LogP contribution >= 0.6 is 11.8 Å². The van der Waals surface area contributed by atoms with Gasteiger partial charge in [-0.15, -0.1) is 11.8 Å². The Labute approximate surface area is 168 Å². The van der Waals surface area contributed by atoms with Gasteiger partial charge in [0.15, 0.2) is 0 Å². The number of thioether (sulfide) groups is 1. The molecule has 1 heterocycles. The second-order valence-electron chi connectivity index (χ2n) is 6.76. The van der Waals surface area contributed by atoms with E-state index in [2.05, 4.69) is 36.5 Å². The molecule has 0 unspecified atom stereocenters. The van der Waals surface area contributed by atoms with E-state index in [9.17, 15) is 9.59 Å². The van der Waals surface area contributed by atoms with Crippen LogP contribution in [0, 0.1) is 6.92 Å². The molecule has 5 heteroatoms. The van der Waals surface area contributed by atoms with Crippen LogP contribution in [-0.4, -0.2) is 18.4 Å². The lowest BCUT2D eigenvalue weighted by Crippen LogP contribution is -2.42. The van der Waals surface area contributed by atoms with E-state index >= 15 is 0 Å². The van der Waals surface area contributed by atoms with Crippen LogP contribution in [0.15, 0.2) is 77.7 Å².